The number of hydrogen-bond donors (Lipinski definition) is 1. The number of benzene rings is 1. The Morgan fingerprint density at radius 1 is 1.35 bits per heavy atom. The quantitative estimate of drug-likeness (QED) is 0.536. The van der Waals surface area contributed by atoms with Gasteiger partial charge in [0.25, 0.3) is 0 Å². The van der Waals surface area contributed by atoms with Crippen LogP contribution in [0.4, 0.5) is 0 Å². The maximum atomic E-state index is 12.7. The summed E-state index contributed by atoms with van der Waals surface area (Å²) < 4.78 is 5.16. The van der Waals surface area contributed by atoms with Gasteiger partial charge in [0, 0.05) is 6.54 Å². The van der Waals surface area contributed by atoms with E-state index in [0.717, 1.165) is 18.3 Å². The van der Waals surface area contributed by atoms with Gasteiger partial charge in [0.15, 0.2) is 0 Å². The zero-order chi connectivity index (χ0) is 18.9. The van der Waals surface area contributed by atoms with Gasteiger partial charge in [-0.1, -0.05) is 30.3 Å². The van der Waals surface area contributed by atoms with Gasteiger partial charge < -0.3 is 14.4 Å². The second-order valence-electron chi connectivity index (χ2n) is 6.59. The molecule has 1 aromatic carbocycles. The van der Waals surface area contributed by atoms with Crippen LogP contribution in [0.2, 0.25) is 0 Å². The average molecular weight is 360 g/mol. The van der Waals surface area contributed by atoms with Crippen LogP contribution < -0.4 is 5.32 Å². The van der Waals surface area contributed by atoms with E-state index < -0.39 is 12.1 Å². The molecule has 1 aromatic rings. The summed E-state index contributed by atoms with van der Waals surface area (Å²) in [5.41, 5.74) is 1.13. The van der Waals surface area contributed by atoms with E-state index >= 15 is 0 Å². The molecule has 1 amide bonds. The van der Waals surface area contributed by atoms with Crippen molar-refractivity contribution in [2.45, 2.75) is 57.7 Å². The van der Waals surface area contributed by atoms with Crippen molar-refractivity contribution in [2.24, 2.45) is 0 Å². The lowest BCUT2D eigenvalue weighted by Crippen LogP contribution is -2.52. The number of esters is 1. The third kappa shape index (κ3) is 5.39. The fourth-order valence-electron chi connectivity index (χ4n) is 3.30. The molecule has 3 unspecified atom stereocenters. The molecule has 26 heavy (non-hydrogen) atoms. The van der Waals surface area contributed by atoms with E-state index in [1.54, 1.807) is 18.7 Å². The molecule has 1 aliphatic heterocycles. The van der Waals surface area contributed by atoms with Gasteiger partial charge in [0.05, 0.1) is 18.7 Å². The van der Waals surface area contributed by atoms with Gasteiger partial charge in [-0.3, -0.25) is 14.9 Å². The number of carbonyl (C=O) groups is 3. The summed E-state index contributed by atoms with van der Waals surface area (Å²) >= 11 is 0. The molecule has 0 spiro atoms. The lowest BCUT2D eigenvalue weighted by atomic mass is 10.0. The molecule has 0 bridgehead atoms. The summed E-state index contributed by atoms with van der Waals surface area (Å²) in [7, 11) is 0. The van der Waals surface area contributed by atoms with E-state index in [1.807, 2.05) is 30.3 Å². The van der Waals surface area contributed by atoms with Crippen LogP contribution in [-0.2, 0) is 25.5 Å². The molecule has 0 aromatic heterocycles. The molecule has 2 rings (SSSR count). The molecular weight excluding hydrogens is 332 g/mol. The van der Waals surface area contributed by atoms with Gasteiger partial charge in [-0.25, -0.2) is 0 Å². The molecule has 1 aliphatic rings. The number of aldehydes is 1. The molecule has 0 aliphatic carbocycles. The Balaban J connectivity index is 1.99. The molecule has 3 atom stereocenters. The Labute approximate surface area is 154 Å². The zero-order valence-corrected chi connectivity index (χ0v) is 15.5. The molecular formula is C20H28N2O4. The van der Waals surface area contributed by atoms with Crippen LogP contribution in [0.5, 0.6) is 0 Å². The van der Waals surface area contributed by atoms with E-state index in [2.05, 4.69) is 5.32 Å². The minimum atomic E-state index is -0.564. The number of carbonyl (C=O) groups excluding carboxylic acids is 3. The van der Waals surface area contributed by atoms with Gasteiger partial charge in [0.1, 0.15) is 12.3 Å². The lowest BCUT2D eigenvalue weighted by molar-refractivity contribution is -0.146. The molecule has 0 radical (unpaired) electrons. The topological polar surface area (TPSA) is 75.7 Å². The van der Waals surface area contributed by atoms with Crippen molar-refractivity contribution < 1.29 is 19.1 Å². The summed E-state index contributed by atoms with van der Waals surface area (Å²) in [6, 6.07) is 8.42. The molecule has 1 saturated heterocycles. The van der Waals surface area contributed by atoms with Crippen molar-refractivity contribution in [3.05, 3.63) is 35.9 Å². The predicted octanol–water partition coefficient (Wildman–Crippen LogP) is 1.72. The standard InChI is InChI=1S/C20H28N2O4/c1-3-26-20(25)18(12-11-16-8-5-4-6-9-16)21-15(2)19(24)22-13-7-10-17(22)14-23/h4-6,8-9,14-15,17-18,21H,3,7,10-13H2,1-2H3. The first-order valence-electron chi connectivity index (χ1n) is 9.29. The monoisotopic (exact) mass is 360 g/mol. The van der Waals surface area contributed by atoms with Gasteiger partial charge in [-0.2, -0.15) is 0 Å². The van der Waals surface area contributed by atoms with Crippen molar-refractivity contribution in [2.75, 3.05) is 13.2 Å². The maximum Gasteiger partial charge on any atom is 0.323 e. The first kappa shape index (κ1) is 20.1. The second kappa shape index (κ2) is 10.1. The van der Waals surface area contributed by atoms with Crippen LogP contribution in [0, 0.1) is 0 Å². The van der Waals surface area contributed by atoms with Gasteiger partial charge in [0.2, 0.25) is 5.91 Å². The summed E-state index contributed by atoms with van der Waals surface area (Å²) in [6.45, 7) is 4.38. The minimum Gasteiger partial charge on any atom is -0.465 e. The highest BCUT2D eigenvalue weighted by molar-refractivity contribution is 5.85. The Kier molecular flexibility index (Phi) is 7.78. The number of aryl methyl sites for hydroxylation is 1. The van der Waals surface area contributed by atoms with Crippen LogP contribution in [0.3, 0.4) is 0 Å². The summed E-state index contributed by atoms with van der Waals surface area (Å²) in [5.74, 6) is -0.495. The van der Waals surface area contributed by atoms with Gasteiger partial charge in [-0.05, 0) is 45.1 Å². The van der Waals surface area contributed by atoms with Crippen molar-refractivity contribution >= 4 is 18.2 Å². The first-order valence-corrected chi connectivity index (χ1v) is 9.29. The normalized spacial score (nSPS) is 19.0. The lowest BCUT2D eigenvalue weighted by Gasteiger charge is -2.27. The van der Waals surface area contributed by atoms with E-state index in [4.69, 9.17) is 4.74 Å². The van der Waals surface area contributed by atoms with Crippen molar-refractivity contribution in [3.8, 4) is 0 Å². The molecule has 1 N–H and O–H groups in total. The maximum absolute atomic E-state index is 12.7. The van der Waals surface area contributed by atoms with Crippen LogP contribution in [0.15, 0.2) is 30.3 Å². The Morgan fingerprint density at radius 2 is 2.08 bits per heavy atom. The summed E-state index contributed by atoms with van der Waals surface area (Å²) in [4.78, 5) is 37.7. The Bertz CT molecular complexity index is 605. The highest BCUT2D eigenvalue weighted by Crippen LogP contribution is 2.17. The highest BCUT2D eigenvalue weighted by atomic mass is 16.5. The van der Waals surface area contributed by atoms with E-state index in [9.17, 15) is 14.4 Å². The number of likely N-dealkylation sites (tertiary alicyclic amines) is 1. The second-order valence-corrected chi connectivity index (χ2v) is 6.59. The molecule has 142 valence electrons. The third-order valence-electron chi connectivity index (χ3n) is 4.70. The summed E-state index contributed by atoms with van der Waals surface area (Å²) in [6.07, 6.45) is 3.61. The van der Waals surface area contributed by atoms with Crippen molar-refractivity contribution in [3.63, 3.8) is 0 Å². The third-order valence-corrected chi connectivity index (χ3v) is 4.70. The van der Waals surface area contributed by atoms with E-state index in [0.29, 0.717) is 32.4 Å². The highest BCUT2D eigenvalue weighted by Gasteiger charge is 2.33. The van der Waals surface area contributed by atoms with Crippen LogP contribution in [0.1, 0.15) is 38.7 Å². The fraction of sp³-hybridized carbons (Fsp3) is 0.550. The van der Waals surface area contributed by atoms with Crippen LogP contribution >= 0.6 is 0 Å². The predicted molar refractivity (Wildman–Crippen MR) is 98.6 cm³/mol. The first-order chi connectivity index (χ1) is 12.6. The average Bonchev–Trinajstić information content (AvgIpc) is 3.14. The van der Waals surface area contributed by atoms with Crippen molar-refractivity contribution in [1.82, 2.24) is 10.2 Å². The zero-order valence-electron chi connectivity index (χ0n) is 15.5. The molecule has 1 fully saturated rings. The minimum absolute atomic E-state index is 0.145. The number of amides is 1. The smallest absolute Gasteiger partial charge is 0.323 e. The van der Waals surface area contributed by atoms with E-state index in [1.165, 1.54) is 0 Å². The number of hydrogen-bond acceptors (Lipinski definition) is 5. The van der Waals surface area contributed by atoms with Gasteiger partial charge >= 0.3 is 5.97 Å². The van der Waals surface area contributed by atoms with Crippen LogP contribution in [-0.4, -0.2) is 54.3 Å². The number of nitrogens with zero attached hydrogens (tertiary/aromatic N) is 1. The molecule has 6 nitrogen and oxygen atoms in total. The molecule has 6 heteroatoms. The summed E-state index contributed by atoms with van der Waals surface area (Å²) in [5, 5.41) is 3.11. The Hall–Kier alpha value is -2.21. The van der Waals surface area contributed by atoms with Crippen LogP contribution in [0.25, 0.3) is 0 Å². The number of rotatable bonds is 9. The fourth-order valence-corrected chi connectivity index (χ4v) is 3.30. The Morgan fingerprint density at radius 3 is 2.73 bits per heavy atom. The van der Waals surface area contributed by atoms with E-state index in [-0.39, 0.29) is 17.9 Å². The van der Waals surface area contributed by atoms with Crippen molar-refractivity contribution in [1.29, 1.82) is 0 Å². The molecule has 1 heterocycles. The number of ether oxygens (including phenoxy) is 1. The number of nitrogens with one attached hydrogen (secondary N) is 1. The van der Waals surface area contributed by atoms with Gasteiger partial charge in [-0.15, -0.1) is 0 Å². The largest absolute Gasteiger partial charge is 0.465 e. The molecule has 0 saturated carbocycles. The SMILES string of the molecule is CCOC(=O)C(CCc1ccccc1)NC(C)C(=O)N1CCCC1C=O.